The maximum atomic E-state index is 13.2. The summed E-state index contributed by atoms with van der Waals surface area (Å²) >= 11 is 11.8. The Morgan fingerprint density at radius 1 is 1.22 bits per heavy atom. The molecular weight excluding hydrogens is 419 g/mol. The molecule has 0 unspecified atom stereocenters. The molecule has 0 bridgehead atoms. The lowest BCUT2D eigenvalue weighted by molar-refractivity contribution is -0.253. The topological polar surface area (TPSA) is 59.1 Å². The van der Waals surface area contributed by atoms with E-state index >= 15 is 0 Å². The molecule has 1 aromatic carbocycles. The van der Waals surface area contributed by atoms with E-state index < -0.39 is 41.3 Å². The van der Waals surface area contributed by atoms with Crippen LogP contribution < -0.4 is 9.64 Å². The van der Waals surface area contributed by atoms with Gasteiger partial charge in [0, 0.05) is 19.2 Å². The number of hydrogen-bond acceptors (Lipinski definition) is 4. The third-order valence-corrected chi connectivity index (χ3v) is 4.44. The Kier molecular flexibility index (Phi) is 6.31. The van der Waals surface area contributed by atoms with E-state index in [0.29, 0.717) is 0 Å². The smallest absolute Gasteiger partial charge is 0.461 e. The lowest BCUT2D eigenvalue weighted by Gasteiger charge is -2.24. The molecule has 2 rings (SSSR count). The molecule has 0 aliphatic carbocycles. The van der Waals surface area contributed by atoms with Gasteiger partial charge in [0.2, 0.25) is 0 Å². The summed E-state index contributed by atoms with van der Waals surface area (Å²) < 4.78 is 59.7. The summed E-state index contributed by atoms with van der Waals surface area (Å²) in [6.45, 7) is 1.64. The lowest BCUT2D eigenvalue weighted by Crippen LogP contribution is -2.42. The number of carbonyl (C=O) groups excluding carboxylic acids is 2. The maximum absolute atomic E-state index is 13.2. The van der Waals surface area contributed by atoms with E-state index in [1.165, 1.54) is 18.9 Å². The van der Waals surface area contributed by atoms with Gasteiger partial charge in [-0.25, -0.2) is 9.59 Å². The number of amides is 2. The Labute approximate surface area is 161 Å². The predicted octanol–water partition coefficient (Wildman–Crippen LogP) is 4.03. The van der Waals surface area contributed by atoms with Crippen LogP contribution in [-0.4, -0.2) is 55.7 Å². The standard InChI is InChI=1S/C15H14Cl2F4N2O4/c1-7(12(24)26-2)22-3-4-23(14(22)25)10-6-11(9(17)5-8(10)16)27-15(20,21)13(18)19/h5-7,13H,3-4H2,1-2H3/t7-/m0/s1. The highest BCUT2D eigenvalue weighted by Gasteiger charge is 2.45. The summed E-state index contributed by atoms with van der Waals surface area (Å²) in [5.41, 5.74) is -0.0781. The number of benzene rings is 1. The molecule has 27 heavy (non-hydrogen) atoms. The van der Waals surface area contributed by atoms with Crippen molar-refractivity contribution in [2.75, 3.05) is 25.1 Å². The van der Waals surface area contributed by atoms with E-state index in [-0.39, 0.29) is 23.8 Å². The van der Waals surface area contributed by atoms with Crippen molar-refractivity contribution in [3.8, 4) is 5.75 Å². The van der Waals surface area contributed by atoms with Crippen LogP contribution in [0.5, 0.6) is 5.75 Å². The van der Waals surface area contributed by atoms with E-state index in [9.17, 15) is 27.2 Å². The van der Waals surface area contributed by atoms with Crippen LogP contribution in [0.1, 0.15) is 6.92 Å². The SMILES string of the molecule is COC(=O)[C@H](C)N1CCN(c2cc(OC(F)(F)C(F)F)c(Cl)cc2Cl)C1=O. The molecule has 2 amide bonds. The average molecular weight is 433 g/mol. The molecule has 0 radical (unpaired) electrons. The minimum absolute atomic E-state index is 0.0617. The first-order chi connectivity index (χ1) is 12.5. The predicted molar refractivity (Wildman–Crippen MR) is 89.0 cm³/mol. The molecule has 1 atom stereocenters. The maximum Gasteiger partial charge on any atom is 0.461 e. The lowest BCUT2D eigenvalue weighted by atomic mass is 10.2. The van der Waals surface area contributed by atoms with Gasteiger partial charge in [-0.1, -0.05) is 23.2 Å². The van der Waals surface area contributed by atoms with Crippen molar-refractivity contribution in [1.82, 2.24) is 4.90 Å². The fourth-order valence-corrected chi connectivity index (χ4v) is 2.95. The largest absolute Gasteiger partial charge is 0.467 e. The third-order valence-electron chi connectivity index (χ3n) is 3.84. The number of ether oxygens (including phenoxy) is 2. The van der Waals surface area contributed by atoms with Crippen LogP contribution in [0.15, 0.2) is 12.1 Å². The van der Waals surface area contributed by atoms with E-state index in [2.05, 4.69) is 9.47 Å². The minimum Gasteiger partial charge on any atom is -0.467 e. The van der Waals surface area contributed by atoms with E-state index in [1.807, 2.05) is 0 Å². The molecule has 1 heterocycles. The summed E-state index contributed by atoms with van der Waals surface area (Å²) in [5.74, 6) is -1.42. The highest BCUT2D eigenvalue weighted by Crippen LogP contribution is 2.40. The highest BCUT2D eigenvalue weighted by atomic mass is 35.5. The normalized spacial score (nSPS) is 16.1. The number of halogens is 6. The van der Waals surface area contributed by atoms with Crippen LogP contribution in [0.3, 0.4) is 0 Å². The monoisotopic (exact) mass is 432 g/mol. The molecule has 0 saturated carbocycles. The molecule has 0 spiro atoms. The van der Waals surface area contributed by atoms with Gasteiger partial charge in [0.05, 0.1) is 22.8 Å². The fourth-order valence-electron chi connectivity index (χ4n) is 2.43. The molecule has 1 aliphatic rings. The molecule has 1 aromatic rings. The molecule has 1 aliphatic heterocycles. The number of rotatable bonds is 6. The van der Waals surface area contributed by atoms with Crippen LogP contribution in [0.4, 0.5) is 28.0 Å². The first kappa shape index (κ1) is 21.4. The summed E-state index contributed by atoms with van der Waals surface area (Å²) in [6, 6.07) is 0.321. The van der Waals surface area contributed by atoms with E-state index in [0.717, 1.165) is 17.0 Å². The average Bonchev–Trinajstić information content (AvgIpc) is 2.97. The van der Waals surface area contributed by atoms with Crippen LogP contribution in [0.2, 0.25) is 10.0 Å². The molecule has 150 valence electrons. The molecule has 6 nitrogen and oxygen atoms in total. The van der Waals surface area contributed by atoms with Crippen LogP contribution >= 0.6 is 23.2 Å². The second-order valence-corrected chi connectivity index (χ2v) is 6.34. The molecule has 1 saturated heterocycles. The second kappa shape index (κ2) is 7.97. The number of esters is 1. The number of hydrogen-bond donors (Lipinski definition) is 0. The Hall–Kier alpha value is -1.94. The third kappa shape index (κ3) is 4.32. The Morgan fingerprint density at radius 2 is 1.85 bits per heavy atom. The van der Waals surface area contributed by atoms with Crippen LogP contribution in [0, 0.1) is 0 Å². The molecule has 12 heteroatoms. The molecule has 1 fully saturated rings. The Bertz CT molecular complexity index is 751. The molecule has 0 N–H and O–H groups in total. The van der Waals surface area contributed by atoms with Gasteiger partial charge in [0.1, 0.15) is 11.8 Å². The minimum atomic E-state index is -4.78. The van der Waals surface area contributed by atoms with Crippen LogP contribution in [0.25, 0.3) is 0 Å². The van der Waals surface area contributed by atoms with Gasteiger partial charge >= 0.3 is 24.5 Å². The first-order valence-corrected chi connectivity index (χ1v) is 8.25. The number of anilines is 1. The van der Waals surface area contributed by atoms with Gasteiger partial charge in [0.25, 0.3) is 0 Å². The van der Waals surface area contributed by atoms with Crippen molar-refractivity contribution < 1.29 is 36.6 Å². The fraction of sp³-hybridized carbons (Fsp3) is 0.467. The van der Waals surface area contributed by atoms with Gasteiger partial charge < -0.3 is 14.4 Å². The van der Waals surface area contributed by atoms with E-state index in [4.69, 9.17) is 23.2 Å². The summed E-state index contributed by atoms with van der Waals surface area (Å²) in [4.78, 5) is 26.4. The number of methoxy groups -OCH3 is 1. The summed E-state index contributed by atoms with van der Waals surface area (Å²) in [5, 5.41) is -0.524. The van der Waals surface area contributed by atoms with E-state index in [1.54, 1.807) is 0 Å². The first-order valence-electron chi connectivity index (χ1n) is 7.49. The number of carbonyl (C=O) groups is 2. The van der Waals surface area contributed by atoms with Crippen molar-refractivity contribution in [3.63, 3.8) is 0 Å². The number of urea groups is 1. The Morgan fingerprint density at radius 3 is 2.41 bits per heavy atom. The summed E-state index contributed by atoms with van der Waals surface area (Å²) in [7, 11) is 1.17. The quantitative estimate of drug-likeness (QED) is 0.502. The molecular formula is C15H14Cl2F4N2O4. The van der Waals surface area contributed by atoms with Crippen molar-refractivity contribution in [3.05, 3.63) is 22.2 Å². The zero-order chi connectivity index (χ0) is 20.5. The Balaban J connectivity index is 2.32. The van der Waals surface area contributed by atoms with Gasteiger partial charge in [-0.3, -0.25) is 4.90 Å². The van der Waals surface area contributed by atoms with Crippen molar-refractivity contribution in [1.29, 1.82) is 0 Å². The van der Waals surface area contributed by atoms with Crippen molar-refractivity contribution in [2.45, 2.75) is 25.5 Å². The molecule has 0 aromatic heterocycles. The zero-order valence-electron chi connectivity index (χ0n) is 14.0. The van der Waals surface area contributed by atoms with Crippen LogP contribution in [-0.2, 0) is 9.53 Å². The van der Waals surface area contributed by atoms with Gasteiger partial charge in [-0.2, -0.15) is 17.6 Å². The van der Waals surface area contributed by atoms with Gasteiger partial charge in [-0.15, -0.1) is 0 Å². The van der Waals surface area contributed by atoms with Crippen molar-refractivity contribution in [2.24, 2.45) is 0 Å². The second-order valence-electron chi connectivity index (χ2n) is 5.53. The number of alkyl halides is 4. The zero-order valence-corrected chi connectivity index (χ0v) is 15.5. The van der Waals surface area contributed by atoms with Gasteiger partial charge in [0.15, 0.2) is 0 Å². The van der Waals surface area contributed by atoms with Crippen molar-refractivity contribution >= 4 is 40.9 Å². The van der Waals surface area contributed by atoms with Gasteiger partial charge in [-0.05, 0) is 13.0 Å². The highest BCUT2D eigenvalue weighted by molar-refractivity contribution is 6.37. The number of nitrogens with zero attached hydrogens (tertiary/aromatic N) is 2. The summed E-state index contributed by atoms with van der Waals surface area (Å²) in [6.07, 6.45) is -8.87.